The van der Waals surface area contributed by atoms with Crippen LogP contribution in [0.5, 0.6) is 0 Å². The average molecular weight is 171 g/mol. The van der Waals surface area contributed by atoms with Crippen LogP contribution < -0.4 is 11.3 Å². The summed E-state index contributed by atoms with van der Waals surface area (Å²) < 4.78 is 4.59. The van der Waals surface area contributed by atoms with E-state index in [1.54, 1.807) is 6.92 Å². The van der Waals surface area contributed by atoms with Crippen LogP contribution in [-0.2, 0) is 4.74 Å². The van der Waals surface area contributed by atoms with Crippen molar-refractivity contribution in [1.82, 2.24) is 10.2 Å². The van der Waals surface area contributed by atoms with Gasteiger partial charge in [0.15, 0.2) is 5.56 Å². The van der Waals surface area contributed by atoms with Crippen molar-refractivity contribution < 1.29 is 9.53 Å². The minimum Gasteiger partial charge on any atom is -0.462 e. The number of nitrogens with one attached hydrogen (secondary N) is 2. The molecule has 0 fully saturated rings. The van der Waals surface area contributed by atoms with Gasteiger partial charge in [-0.3, -0.25) is 15.0 Å². The van der Waals surface area contributed by atoms with E-state index in [9.17, 15) is 9.59 Å². The molecule has 4 N–H and O–H groups in total. The quantitative estimate of drug-likeness (QED) is 0.520. The molecule has 0 amide bonds. The molecular formula is C6H9N3O3. The van der Waals surface area contributed by atoms with Crippen LogP contribution in [0.15, 0.2) is 4.79 Å². The van der Waals surface area contributed by atoms with E-state index in [0.29, 0.717) is 0 Å². The summed E-state index contributed by atoms with van der Waals surface area (Å²) in [6.07, 6.45) is 0. The number of carbonyl (C=O) groups excluding carboxylic acids is 1. The smallest absolute Gasteiger partial charge is 0.347 e. The van der Waals surface area contributed by atoms with Gasteiger partial charge in [-0.1, -0.05) is 0 Å². The molecule has 0 aromatic carbocycles. The van der Waals surface area contributed by atoms with Crippen molar-refractivity contribution >= 4 is 11.8 Å². The van der Waals surface area contributed by atoms with E-state index in [4.69, 9.17) is 5.73 Å². The van der Waals surface area contributed by atoms with Gasteiger partial charge in [0.25, 0.3) is 5.56 Å². The Morgan fingerprint density at radius 1 is 1.58 bits per heavy atom. The van der Waals surface area contributed by atoms with Crippen molar-refractivity contribution in [2.24, 2.45) is 0 Å². The zero-order chi connectivity index (χ0) is 9.14. The van der Waals surface area contributed by atoms with Crippen LogP contribution >= 0.6 is 0 Å². The molecule has 66 valence electrons. The fourth-order valence-corrected chi connectivity index (χ4v) is 0.777. The molecule has 1 heterocycles. The van der Waals surface area contributed by atoms with Gasteiger partial charge in [-0.15, -0.1) is 0 Å². The highest BCUT2D eigenvalue weighted by Gasteiger charge is 2.16. The third-order valence-electron chi connectivity index (χ3n) is 1.29. The zero-order valence-corrected chi connectivity index (χ0v) is 6.51. The minimum atomic E-state index is -0.711. The van der Waals surface area contributed by atoms with Gasteiger partial charge in [0.2, 0.25) is 0 Å². The molecule has 1 aromatic heterocycles. The number of H-pyrrole nitrogens is 2. The Labute approximate surface area is 67.7 Å². The first-order valence-electron chi connectivity index (χ1n) is 3.40. The second-order valence-corrected chi connectivity index (χ2v) is 2.09. The molecule has 6 nitrogen and oxygen atoms in total. The predicted molar refractivity (Wildman–Crippen MR) is 41.8 cm³/mol. The standard InChI is InChI=1S/C6H9N3O3/c1-2-12-6(11)3-4(7)8-9-5(3)10/h2H2,1H3,(H4,7,8,9,10). The lowest BCUT2D eigenvalue weighted by molar-refractivity contribution is 0.0526. The summed E-state index contributed by atoms with van der Waals surface area (Å²) in [7, 11) is 0. The van der Waals surface area contributed by atoms with Crippen LogP contribution in [-0.4, -0.2) is 22.8 Å². The summed E-state index contributed by atoms with van der Waals surface area (Å²) in [5.74, 6) is -0.712. The first kappa shape index (κ1) is 8.38. The Hall–Kier alpha value is -1.72. The van der Waals surface area contributed by atoms with Gasteiger partial charge in [0.1, 0.15) is 5.82 Å². The van der Waals surface area contributed by atoms with E-state index in [0.717, 1.165) is 0 Å². The molecule has 12 heavy (non-hydrogen) atoms. The summed E-state index contributed by atoms with van der Waals surface area (Å²) in [6.45, 7) is 1.86. The normalized spacial score (nSPS) is 9.75. The lowest BCUT2D eigenvalue weighted by Crippen LogP contribution is -2.16. The number of nitrogen functional groups attached to an aromatic ring is 1. The minimum absolute atomic E-state index is 0.00144. The fourth-order valence-electron chi connectivity index (χ4n) is 0.777. The SMILES string of the molecule is CCOC(=O)c1c(N)[nH][nH]c1=O. The average Bonchev–Trinajstić information content (AvgIpc) is 2.32. The number of aromatic amines is 2. The van der Waals surface area contributed by atoms with Gasteiger partial charge in [0.05, 0.1) is 6.61 Å². The molecule has 6 heteroatoms. The van der Waals surface area contributed by atoms with E-state index < -0.39 is 11.5 Å². The van der Waals surface area contributed by atoms with Gasteiger partial charge >= 0.3 is 5.97 Å². The van der Waals surface area contributed by atoms with Gasteiger partial charge in [-0.2, -0.15) is 0 Å². The number of aromatic nitrogens is 2. The Bertz CT molecular complexity index is 338. The molecule has 0 unspecified atom stereocenters. The molecule has 0 spiro atoms. The summed E-state index contributed by atoms with van der Waals surface area (Å²) in [5.41, 5.74) is 4.55. The van der Waals surface area contributed by atoms with Crippen molar-refractivity contribution in [2.45, 2.75) is 6.92 Å². The van der Waals surface area contributed by atoms with Gasteiger partial charge in [0, 0.05) is 0 Å². The molecule has 0 atom stereocenters. The third kappa shape index (κ3) is 1.31. The number of rotatable bonds is 2. The van der Waals surface area contributed by atoms with E-state index in [1.807, 2.05) is 0 Å². The highest BCUT2D eigenvalue weighted by molar-refractivity contribution is 5.93. The van der Waals surface area contributed by atoms with Crippen molar-refractivity contribution in [3.05, 3.63) is 15.9 Å². The molecular weight excluding hydrogens is 162 g/mol. The summed E-state index contributed by atoms with van der Waals surface area (Å²) >= 11 is 0. The number of esters is 1. The number of hydrogen-bond donors (Lipinski definition) is 3. The molecule has 0 aliphatic carbocycles. The second kappa shape index (κ2) is 3.12. The molecule has 0 radical (unpaired) electrons. The molecule has 0 aliphatic heterocycles. The van der Waals surface area contributed by atoms with E-state index in [1.165, 1.54) is 0 Å². The maximum atomic E-state index is 11.0. The Kier molecular flexibility index (Phi) is 2.18. The molecule has 1 rings (SSSR count). The monoisotopic (exact) mass is 171 g/mol. The van der Waals surface area contributed by atoms with Crippen LogP contribution in [0.4, 0.5) is 5.82 Å². The highest BCUT2D eigenvalue weighted by atomic mass is 16.5. The maximum Gasteiger partial charge on any atom is 0.347 e. The zero-order valence-electron chi connectivity index (χ0n) is 6.51. The summed E-state index contributed by atoms with van der Waals surface area (Å²) in [5, 5.41) is 4.49. The van der Waals surface area contributed by atoms with Crippen LogP contribution in [0, 0.1) is 0 Å². The van der Waals surface area contributed by atoms with Crippen LogP contribution in [0.3, 0.4) is 0 Å². The first-order chi connectivity index (χ1) is 5.66. The number of carbonyl (C=O) groups is 1. The van der Waals surface area contributed by atoms with Gasteiger partial charge < -0.3 is 10.5 Å². The Balaban J connectivity index is 3.01. The van der Waals surface area contributed by atoms with Crippen molar-refractivity contribution in [1.29, 1.82) is 0 Å². The Morgan fingerprint density at radius 2 is 2.25 bits per heavy atom. The van der Waals surface area contributed by atoms with Crippen LogP contribution in [0.1, 0.15) is 17.3 Å². The number of hydrogen-bond acceptors (Lipinski definition) is 4. The molecule has 1 aromatic rings. The highest BCUT2D eigenvalue weighted by Crippen LogP contribution is 2.01. The summed E-state index contributed by atoms with van der Waals surface area (Å²) in [4.78, 5) is 21.9. The fraction of sp³-hybridized carbons (Fsp3) is 0.333. The molecule has 0 saturated carbocycles. The molecule has 0 bridgehead atoms. The largest absolute Gasteiger partial charge is 0.462 e. The van der Waals surface area contributed by atoms with E-state index in [-0.39, 0.29) is 18.0 Å². The first-order valence-corrected chi connectivity index (χ1v) is 3.40. The second-order valence-electron chi connectivity index (χ2n) is 2.09. The van der Waals surface area contributed by atoms with Crippen molar-refractivity contribution in [3.63, 3.8) is 0 Å². The van der Waals surface area contributed by atoms with Crippen LogP contribution in [0.25, 0.3) is 0 Å². The lowest BCUT2D eigenvalue weighted by Gasteiger charge is -1.97. The van der Waals surface area contributed by atoms with Crippen molar-refractivity contribution in [2.75, 3.05) is 12.3 Å². The third-order valence-corrected chi connectivity index (χ3v) is 1.29. The summed E-state index contributed by atoms with van der Waals surface area (Å²) in [6, 6.07) is 0. The molecule has 0 saturated heterocycles. The van der Waals surface area contributed by atoms with Crippen molar-refractivity contribution in [3.8, 4) is 0 Å². The number of nitrogens with two attached hydrogens (primary N) is 1. The topological polar surface area (TPSA) is 101 Å². The lowest BCUT2D eigenvalue weighted by atomic mass is 10.3. The van der Waals surface area contributed by atoms with Crippen LogP contribution in [0.2, 0.25) is 0 Å². The van der Waals surface area contributed by atoms with E-state index >= 15 is 0 Å². The maximum absolute atomic E-state index is 11.0. The van der Waals surface area contributed by atoms with Gasteiger partial charge in [-0.05, 0) is 6.92 Å². The molecule has 0 aliphatic rings. The predicted octanol–water partition coefficient (Wildman–Crippen LogP) is -0.538. The van der Waals surface area contributed by atoms with E-state index in [2.05, 4.69) is 14.9 Å². The Morgan fingerprint density at radius 3 is 2.67 bits per heavy atom. The number of anilines is 1. The number of ether oxygens (including phenoxy) is 1. The van der Waals surface area contributed by atoms with Gasteiger partial charge in [-0.25, -0.2) is 4.79 Å².